The first kappa shape index (κ1) is 17.5. The van der Waals surface area contributed by atoms with Crippen LogP contribution < -0.4 is 9.64 Å². The Labute approximate surface area is 147 Å². The van der Waals surface area contributed by atoms with Crippen molar-refractivity contribution in [3.63, 3.8) is 0 Å². The zero-order chi connectivity index (χ0) is 18.7. The number of anilines is 2. The van der Waals surface area contributed by atoms with Gasteiger partial charge in [-0.25, -0.2) is 9.69 Å². The molecule has 0 bridgehead atoms. The summed E-state index contributed by atoms with van der Waals surface area (Å²) in [5.41, 5.74) is 0.107. The van der Waals surface area contributed by atoms with Crippen molar-refractivity contribution >= 4 is 17.6 Å². The second-order valence-corrected chi connectivity index (χ2v) is 5.49. The molecule has 5 nitrogen and oxygen atoms in total. The molecule has 0 saturated carbocycles. The number of rotatable bonds is 3. The van der Waals surface area contributed by atoms with E-state index in [9.17, 15) is 18.0 Å². The summed E-state index contributed by atoms with van der Waals surface area (Å²) in [6.07, 6.45) is -5.48. The molecule has 3 aromatic rings. The number of alkyl halides is 3. The van der Waals surface area contributed by atoms with E-state index < -0.39 is 18.0 Å². The molecule has 0 saturated heterocycles. The molecule has 1 amide bonds. The number of aryl methyl sites for hydroxylation is 1. The summed E-state index contributed by atoms with van der Waals surface area (Å²) < 4.78 is 43.9. The number of H-pyrrole nitrogens is 1. The number of benzene rings is 2. The third-order valence-electron chi connectivity index (χ3n) is 3.49. The van der Waals surface area contributed by atoms with Crippen molar-refractivity contribution in [3.8, 4) is 5.75 Å². The number of carbonyl (C=O) groups is 1. The van der Waals surface area contributed by atoms with Crippen LogP contribution in [0, 0.1) is 6.92 Å². The molecule has 0 radical (unpaired) electrons. The average Bonchev–Trinajstić information content (AvgIpc) is 3.06. The van der Waals surface area contributed by atoms with Crippen LogP contribution in [0.1, 0.15) is 11.3 Å². The summed E-state index contributed by atoms with van der Waals surface area (Å²) in [7, 11) is 0. The van der Waals surface area contributed by atoms with E-state index in [0.717, 1.165) is 16.5 Å². The SMILES string of the molecule is Cc1cccc(N(C(=O)Oc2ccccc2)c2cc(C(F)(F)F)[nH]n2)c1. The third-order valence-corrected chi connectivity index (χ3v) is 3.49. The number of halogens is 3. The molecule has 0 fully saturated rings. The van der Waals surface area contributed by atoms with E-state index in [-0.39, 0.29) is 11.6 Å². The fourth-order valence-corrected chi connectivity index (χ4v) is 2.30. The lowest BCUT2D eigenvalue weighted by atomic mass is 10.2. The van der Waals surface area contributed by atoms with Gasteiger partial charge in [0.05, 0.1) is 5.69 Å². The van der Waals surface area contributed by atoms with Crippen molar-refractivity contribution in [2.75, 3.05) is 4.90 Å². The number of nitrogens with zero attached hydrogens (tertiary/aromatic N) is 2. The third kappa shape index (κ3) is 3.85. The van der Waals surface area contributed by atoms with E-state index in [0.29, 0.717) is 5.69 Å². The summed E-state index contributed by atoms with van der Waals surface area (Å²) >= 11 is 0. The molecule has 3 rings (SSSR count). The van der Waals surface area contributed by atoms with E-state index in [1.807, 2.05) is 5.10 Å². The Bertz CT molecular complexity index is 907. The quantitative estimate of drug-likeness (QED) is 0.708. The largest absolute Gasteiger partial charge is 0.432 e. The molecule has 1 heterocycles. The van der Waals surface area contributed by atoms with Gasteiger partial charge in [0.2, 0.25) is 0 Å². The summed E-state index contributed by atoms with van der Waals surface area (Å²) in [6.45, 7) is 1.80. The second kappa shape index (κ2) is 6.91. The number of hydrogen-bond donors (Lipinski definition) is 1. The first-order valence-electron chi connectivity index (χ1n) is 7.61. The Hall–Kier alpha value is -3.29. The van der Waals surface area contributed by atoms with E-state index in [1.54, 1.807) is 61.5 Å². The minimum atomic E-state index is -4.60. The van der Waals surface area contributed by atoms with Crippen LogP contribution in [0.4, 0.5) is 29.5 Å². The van der Waals surface area contributed by atoms with Crippen LogP contribution >= 0.6 is 0 Å². The van der Waals surface area contributed by atoms with Gasteiger partial charge in [-0.3, -0.25) is 5.10 Å². The topological polar surface area (TPSA) is 58.2 Å². The molecule has 8 heteroatoms. The predicted octanol–water partition coefficient (Wildman–Crippen LogP) is 5.07. The monoisotopic (exact) mass is 361 g/mol. The van der Waals surface area contributed by atoms with E-state index in [1.165, 1.54) is 0 Å². The van der Waals surface area contributed by atoms with Crippen LogP contribution in [0.2, 0.25) is 0 Å². The van der Waals surface area contributed by atoms with Crippen molar-refractivity contribution in [2.45, 2.75) is 13.1 Å². The van der Waals surface area contributed by atoms with Gasteiger partial charge in [-0.15, -0.1) is 0 Å². The maximum Gasteiger partial charge on any atom is 0.432 e. The number of ether oxygens (including phenoxy) is 1. The van der Waals surface area contributed by atoms with Crippen LogP contribution in [0.3, 0.4) is 0 Å². The molecule has 0 spiro atoms. The Morgan fingerprint density at radius 2 is 1.81 bits per heavy atom. The number of amides is 1. The van der Waals surface area contributed by atoms with Gasteiger partial charge in [-0.05, 0) is 36.8 Å². The summed E-state index contributed by atoms with van der Waals surface area (Å²) in [5.74, 6) is 0.0468. The predicted molar refractivity (Wildman–Crippen MR) is 89.4 cm³/mol. The zero-order valence-electron chi connectivity index (χ0n) is 13.6. The Morgan fingerprint density at radius 1 is 1.08 bits per heavy atom. The fraction of sp³-hybridized carbons (Fsp3) is 0.111. The van der Waals surface area contributed by atoms with Crippen LogP contribution in [0.5, 0.6) is 5.75 Å². The van der Waals surface area contributed by atoms with Gasteiger partial charge in [-0.1, -0.05) is 30.3 Å². The van der Waals surface area contributed by atoms with Gasteiger partial charge >= 0.3 is 12.3 Å². The molecular formula is C18H14F3N3O2. The normalized spacial score (nSPS) is 11.2. The lowest BCUT2D eigenvalue weighted by Crippen LogP contribution is -2.29. The van der Waals surface area contributed by atoms with Gasteiger partial charge < -0.3 is 4.74 Å². The molecule has 0 aliphatic rings. The summed E-state index contributed by atoms with van der Waals surface area (Å²) in [5, 5.41) is 5.54. The van der Waals surface area contributed by atoms with Crippen LogP contribution in [-0.4, -0.2) is 16.3 Å². The molecule has 134 valence electrons. The van der Waals surface area contributed by atoms with Crippen LogP contribution in [0.15, 0.2) is 60.7 Å². The minimum Gasteiger partial charge on any atom is -0.410 e. The van der Waals surface area contributed by atoms with E-state index >= 15 is 0 Å². The van der Waals surface area contributed by atoms with Gasteiger partial charge in [0.1, 0.15) is 11.4 Å². The smallest absolute Gasteiger partial charge is 0.410 e. The standard InChI is InChI=1S/C18H14F3N3O2/c1-12-6-5-7-13(10-12)24(16-11-15(22-23-16)18(19,20)21)17(25)26-14-8-3-2-4-9-14/h2-11H,1H3,(H,22,23). The number of nitrogens with one attached hydrogen (secondary N) is 1. The van der Waals surface area contributed by atoms with Crippen LogP contribution in [0.25, 0.3) is 0 Å². The minimum absolute atomic E-state index is 0.219. The lowest BCUT2D eigenvalue weighted by molar-refractivity contribution is -0.141. The van der Waals surface area contributed by atoms with Crippen molar-refractivity contribution in [1.82, 2.24) is 10.2 Å². The van der Waals surface area contributed by atoms with Gasteiger partial charge in [0, 0.05) is 6.07 Å². The summed E-state index contributed by atoms with van der Waals surface area (Å²) in [4.78, 5) is 13.6. The Balaban J connectivity index is 1.99. The first-order chi connectivity index (χ1) is 12.3. The molecule has 1 aromatic heterocycles. The fourth-order valence-electron chi connectivity index (χ4n) is 2.30. The van der Waals surface area contributed by atoms with E-state index in [4.69, 9.17) is 4.74 Å². The average molecular weight is 361 g/mol. The Kier molecular flexibility index (Phi) is 4.66. The van der Waals surface area contributed by atoms with Crippen molar-refractivity contribution < 1.29 is 22.7 Å². The Morgan fingerprint density at radius 3 is 2.42 bits per heavy atom. The van der Waals surface area contributed by atoms with Gasteiger partial charge in [0.25, 0.3) is 0 Å². The highest BCUT2D eigenvalue weighted by atomic mass is 19.4. The molecule has 0 aliphatic carbocycles. The molecule has 0 aliphatic heterocycles. The van der Waals surface area contributed by atoms with E-state index in [2.05, 4.69) is 5.10 Å². The van der Waals surface area contributed by atoms with Crippen molar-refractivity contribution in [2.24, 2.45) is 0 Å². The highest BCUT2D eigenvalue weighted by Crippen LogP contribution is 2.32. The number of carbonyl (C=O) groups excluding carboxylic acids is 1. The van der Waals surface area contributed by atoms with Gasteiger partial charge in [0.15, 0.2) is 5.82 Å². The number of aromatic amines is 1. The number of para-hydroxylation sites is 1. The molecular weight excluding hydrogens is 347 g/mol. The number of aromatic nitrogens is 2. The second-order valence-electron chi connectivity index (χ2n) is 5.49. The molecule has 26 heavy (non-hydrogen) atoms. The molecule has 2 aromatic carbocycles. The molecule has 1 N–H and O–H groups in total. The zero-order valence-corrected chi connectivity index (χ0v) is 13.6. The van der Waals surface area contributed by atoms with Crippen LogP contribution in [-0.2, 0) is 6.18 Å². The highest BCUT2D eigenvalue weighted by molar-refractivity contribution is 5.96. The van der Waals surface area contributed by atoms with Crippen molar-refractivity contribution in [3.05, 3.63) is 71.9 Å². The maximum atomic E-state index is 12.9. The molecule has 0 atom stereocenters. The van der Waals surface area contributed by atoms with Crippen molar-refractivity contribution in [1.29, 1.82) is 0 Å². The highest BCUT2D eigenvalue weighted by Gasteiger charge is 2.35. The maximum absolute atomic E-state index is 12.9. The summed E-state index contributed by atoms with van der Waals surface area (Å²) in [6, 6.07) is 15.7. The number of hydrogen-bond acceptors (Lipinski definition) is 3. The first-order valence-corrected chi connectivity index (χ1v) is 7.61. The van der Waals surface area contributed by atoms with Gasteiger partial charge in [-0.2, -0.15) is 18.3 Å². The molecule has 0 unspecified atom stereocenters. The lowest BCUT2D eigenvalue weighted by Gasteiger charge is -2.20.